The predicted octanol–water partition coefficient (Wildman–Crippen LogP) is 1.66. The van der Waals surface area contributed by atoms with Crippen molar-refractivity contribution in [2.75, 3.05) is 13.2 Å². The molecule has 0 bridgehead atoms. The number of rotatable bonds is 6. The van der Waals surface area contributed by atoms with Gasteiger partial charge < -0.3 is 9.84 Å². The highest BCUT2D eigenvalue weighted by atomic mass is 16.5. The number of nitrogens with zero attached hydrogens (tertiary/aromatic N) is 1. The van der Waals surface area contributed by atoms with E-state index in [-0.39, 0.29) is 18.8 Å². The summed E-state index contributed by atoms with van der Waals surface area (Å²) in [6.07, 6.45) is 3.66. The lowest BCUT2D eigenvalue weighted by atomic mass is 10.1. The summed E-state index contributed by atoms with van der Waals surface area (Å²) in [5.74, 6) is -0.521. The SMILES string of the molecule is C=Cc1ccnc(C(=C)C(=O)OCCCO)c1. The lowest BCUT2D eigenvalue weighted by molar-refractivity contribution is -0.136. The average molecular weight is 233 g/mol. The Morgan fingerprint density at radius 3 is 3.00 bits per heavy atom. The molecule has 90 valence electrons. The number of carbonyl (C=O) groups excluding carboxylic acids is 1. The zero-order chi connectivity index (χ0) is 12.7. The molecule has 0 aromatic carbocycles. The van der Waals surface area contributed by atoms with Crippen LogP contribution in [0.2, 0.25) is 0 Å². The maximum absolute atomic E-state index is 11.5. The van der Waals surface area contributed by atoms with Crippen molar-refractivity contribution in [1.29, 1.82) is 0 Å². The summed E-state index contributed by atoms with van der Waals surface area (Å²) >= 11 is 0. The first-order valence-corrected chi connectivity index (χ1v) is 5.24. The van der Waals surface area contributed by atoms with Crippen molar-refractivity contribution in [2.24, 2.45) is 0 Å². The van der Waals surface area contributed by atoms with Crippen LogP contribution in [0.4, 0.5) is 0 Å². The highest BCUT2D eigenvalue weighted by Crippen LogP contribution is 2.13. The Balaban J connectivity index is 2.68. The van der Waals surface area contributed by atoms with Crippen LogP contribution in [0.15, 0.2) is 31.5 Å². The van der Waals surface area contributed by atoms with Gasteiger partial charge in [-0.15, -0.1) is 0 Å². The fourth-order valence-electron chi connectivity index (χ4n) is 1.16. The summed E-state index contributed by atoms with van der Waals surface area (Å²) in [6.45, 7) is 7.45. The standard InChI is InChI=1S/C13H15NO3/c1-3-11-5-6-14-12(9-11)10(2)13(16)17-8-4-7-15/h3,5-6,9,15H,1-2,4,7-8H2. The van der Waals surface area contributed by atoms with Crippen LogP contribution >= 0.6 is 0 Å². The second-order valence-electron chi connectivity index (χ2n) is 3.37. The maximum atomic E-state index is 11.5. The second kappa shape index (κ2) is 6.60. The van der Waals surface area contributed by atoms with Gasteiger partial charge in [-0.25, -0.2) is 4.79 Å². The first-order chi connectivity index (χ1) is 8.19. The van der Waals surface area contributed by atoms with Crippen molar-refractivity contribution in [3.63, 3.8) is 0 Å². The molecule has 0 atom stereocenters. The quantitative estimate of drug-likeness (QED) is 0.461. The van der Waals surface area contributed by atoms with Gasteiger partial charge in [-0.05, 0) is 17.7 Å². The Hall–Kier alpha value is -1.94. The molecule has 0 aliphatic heterocycles. The number of esters is 1. The molecule has 0 unspecified atom stereocenters. The molecule has 1 aromatic heterocycles. The molecule has 0 aliphatic carbocycles. The van der Waals surface area contributed by atoms with Gasteiger partial charge >= 0.3 is 5.97 Å². The van der Waals surface area contributed by atoms with Crippen LogP contribution in [0, 0.1) is 0 Å². The lowest BCUT2D eigenvalue weighted by Gasteiger charge is -2.06. The molecule has 1 heterocycles. The van der Waals surface area contributed by atoms with Crippen molar-refractivity contribution in [2.45, 2.75) is 6.42 Å². The van der Waals surface area contributed by atoms with Gasteiger partial charge in [0.25, 0.3) is 0 Å². The van der Waals surface area contributed by atoms with Crippen LogP contribution < -0.4 is 0 Å². The molecule has 0 amide bonds. The molecule has 1 rings (SSSR count). The summed E-state index contributed by atoms with van der Waals surface area (Å²) in [4.78, 5) is 15.6. The maximum Gasteiger partial charge on any atom is 0.339 e. The molecular weight excluding hydrogens is 218 g/mol. The van der Waals surface area contributed by atoms with E-state index in [1.165, 1.54) is 0 Å². The number of carbonyl (C=O) groups is 1. The predicted molar refractivity (Wildman–Crippen MR) is 66.0 cm³/mol. The smallest absolute Gasteiger partial charge is 0.339 e. The number of ether oxygens (including phenoxy) is 1. The van der Waals surface area contributed by atoms with Gasteiger partial charge in [0.2, 0.25) is 0 Å². The zero-order valence-corrected chi connectivity index (χ0v) is 9.56. The average Bonchev–Trinajstić information content (AvgIpc) is 2.38. The molecular formula is C13H15NO3. The van der Waals surface area contributed by atoms with E-state index in [0.717, 1.165) is 5.56 Å². The molecule has 1 aromatic rings. The van der Waals surface area contributed by atoms with Crippen molar-refractivity contribution < 1.29 is 14.6 Å². The van der Waals surface area contributed by atoms with Crippen LogP contribution in [0.3, 0.4) is 0 Å². The third kappa shape index (κ3) is 3.85. The molecule has 0 aliphatic rings. The van der Waals surface area contributed by atoms with Crippen LogP contribution in [0.5, 0.6) is 0 Å². The van der Waals surface area contributed by atoms with Gasteiger partial charge in [-0.3, -0.25) is 4.98 Å². The first-order valence-electron chi connectivity index (χ1n) is 5.24. The van der Waals surface area contributed by atoms with E-state index in [2.05, 4.69) is 18.1 Å². The summed E-state index contributed by atoms with van der Waals surface area (Å²) in [5.41, 5.74) is 1.53. The summed E-state index contributed by atoms with van der Waals surface area (Å²) in [5, 5.41) is 8.57. The molecule has 1 N–H and O–H groups in total. The lowest BCUT2D eigenvalue weighted by Crippen LogP contribution is -2.09. The minimum atomic E-state index is -0.521. The highest BCUT2D eigenvalue weighted by molar-refractivity contribution is 6.15. The van der Waals surface area contributed by atoms with Gasteiger partial charge in [-0.1, -0.05) is 19.2 Å². The van der Waals surface area contributed by atoms with E-state index in [1.807, 2.05) is 0 Å². The van der Waals surface area contributed by atoms with Gasteiger partial charge in [-0.2, -0.15) is 0 Å². The monoisotopic (exact) mass is 233 g/mol. The molecule has 0 fully saturated rings. The highest BCUT2D eigenvalue weighted by Gasteiger charge is 2.12. The number of hydrogen-bond acceptors (Lipinski definition) is 4. The fourth-order valence-corrected chi connectivity index (χ4v) is 1.16. The van der Waals surface area contributed by atoms with E-state index in [9.17, 15) is 4.79 Å². The van der Waals surface area contributed by atoms with Gasteiger partial charge in [0.15, 0.2) is 0 Å². The first kappa shape index (κ1) is 13.1. The Bertz CT molecular complexity index is 426. The van der Waals surface area contributed by atoms with Crippen LogP contribution in [-0.4, -0.2) is 29.3 Å². The minimum absolute atomic E-state index is 0.00996. The number of aromatic nitrogens is 1. The van der Waals surface area contributed by atoms with Gasteiger partial charge in [0, 0.05) is 19.2 Å². The Kier molecular flexibility index (Phi) is 5.10. The Labute approximate surface area is 100 Å². The fraction of sp³-hybridized carbons (Fsp3) is 0.231. The number of pyridine rings is 1. The normalized spacial score (nSPS) is 9.71. The third-order valence-electron chi connectivity index (χ3n) is 2.11. The van der Waals surface area contributed by atoms with Crippen molar-refractivity contribution in [3.8, 4) is 0 Å². The molecule has 17 heavy (non-hydrogen) atoms. The van der Waals surface area contributed by atoms with E-state index >= 15 is 0 Å². The van der Waals surface area contributed by atoms with Crippen LogP contribution in [0.1, 0.15) is 17.7 Å². The molecule has 4 heteroatoms. The second-order valence-corrected chi connectivity index (χ2v) is 3.37. The van der Waals surface area contributed by atoms with Crippen LogP contribution in [-0.2, 0) is 9.53 Å². The Morgan fingerprint density at radius 1 is 1.59 bits per heavy atom. The zero-order valence-electron chi connectivity index (χ0n) is 9.56. The molecule has 4 nitrogen and oxygen atoms in total. The number of aliphatic hydroxyl groups excluding tert-OH is 1. The summed E-state index contributed by atoms with van der Waals surface area (Å²) < 4.78 is 4.91. The minimum Gasteiger partial charge on any atom is -0.462 e. The Morgan fingerprint density at radius 2 is 2.35 bits per heavy atom. The summed E-state index contributed by atoms with van der Waals surface area (Å²) in [6, 6.07) is 3.49. The van der Waals surface area contributed by atoms with Gasteiger partial charge in [0.05, 0.1) is 17.9 Å². The van der Waals surface area contributed by atoms with E-state index in [1.54, 1.807) is 24.4 Å². The molecule has 0 saturated heterocycles. The largest absolute Gasteiger partial charge is 0.462 e. The van der Waals surface area contributed by atoms with Gasteiger partial charge in [0.1, 0.15) is 0 Å². The van der Waals surface area contributed by atoms with Crippen LogP contribution in [0.25, 0.3) is 11.6 Å². The van der Waals surface area contributed by atoms with E-state index in [4.69, 9.17) is 9.84 Å². The van der Waals surface area contributed by atoms with Crippen molar-refractivity contribution in [3.05, 3.63) is 42.7 Å². The van der Waals surface area contributed by atoms with E-state index < -0.39 is 5.97 Å². The number of aliphatic hydroxyl groups is 1. The summed E-state index contributed by atoms with van der Waals surface area (Å²) in [7, 11) is 0. The third-order valence-corrected chi connectivity index (χ3v) is 2.11. The van der Waals surface area contributed by atoms with Crippen molar-refractivity contribution in [1.82, 2.24) is 4.98 Å². The van der Waals surface area contributed by atoms with Crippen molar-refractivity contribution >= 4 is 17.6 Å². The molecule has 0 radical (unpaired) electrons. The number of hydrogen-bond donors (Lipinski definition) is 1. The molecule has 0 spiro atoms. The topological polar surface area (TPSA) is 59.4 Å². The van der Waals surface area contributed by atoms with E-state index in [0.29, 0.717) is 12.1 Å². The molecule has 0 saturated carbocycles.